The topological polar surface area (TPSA) is 58.1 Å². The molecule has 2 heterocycles. The molecular weight excluding hydrogens is 475 g/mol. The summed E-state index contributed by atoms with van der Waals surface area (Å²) < 4.78 is 14.7. The Morgan fingerprint density at radius 2 is 1.79 bits per heavy atom. The number of benzene rings is 3. The summed E-state index contributed by atoms with van der Waals surface area (Å²) in [6, 6.07) is 23.0. The first-order valence-electron chi connectivity index (χ1n) is 13.0. The highest BCUT2D eigenvalue weighted by molar-refractivity contribution is 5.91. The fraction of sp³-hybridized carbons (Fsp3) is 0.219. The summed E-state index contributed by atoms with van der Waals surface area (Å²) in [7, 11) is 0. The van der Waals surface area contributed by atoms with Crippen LogP contribution in [-0.4, -0.2) is 28.8 Å². The maximum atomic E-state index is 14.7. The molecule has 1 aliphatic rings. The van der Waals surface area contributed by atoms with Gasteiger partial charge in [0.2, 0.25) is 5.95 Å². The van der Waals surface area contributed by atoms with Crippen molar-refractivity contribution in [3.8, 4) is 11.3 Å². The van der Waals surface area contributed by atoms with E-state index in [0.29, 0.717) is 29.2 Å². The number of carbonyl (C=O) groups is 1. The summed E-state index contributed by atoms with van der Waals surface area (Å²) in [5.41, 5.74) is 5.86. The first-order chi connectivity index (χ1) is 18.6. The highest BCUT2D eigenvalue weighted by atomic mass is 19.1. The van der Waals surface area contributed by atoms with E-state index in [1.807, 2.05) is 48.5 Å². The molecule has 0 atom stereocenters. The molecule has 38 heavy (non-hydrogen) atoms. The molecule has 6 heteroatoms. The Bertz CT molecular complexity index is 1430. The number of halogens is 1. The van der Waals surface area contributed by atoms with Gasteiger partial charge in [-0.1, -0.05) is 43.0 Å². The molecule has 0 amide bonds. The standard InChI is InChI=1S/C32H31FN4O/c1-2-30(38)19-24-17-25(20-27(33)18-24)31-26(16-23-10-5-3-6-11-23)22-34-32(36-31)35-28-12-9-13-29(21-28)37-14-7-4-8-15-37/h2-3,5-6,9-13,17-18,20-22H,1,4,7-8,14-16,19H2,(H,34,35,36). The van der Waals surface area contributed by atoms with Gasteiger partial charge in [-0.2, -0.15) is 0 Å². The van der Waals surface area contributed by atoms with Gasteiger partial charge >= 0.3 is 0 Å². The Labute approximate surface area is 223 Å². The van der Waals surface area contributed by atoms with Gasteiger partial charge in [0, 0.05) is 54.6 Å². The van der Waals surface area contributed by atoms with Crippen LogP contribution in [0.2, 0.25) is 0 Å². The third-order valence-corrected chi connectivity index (χ3v) is 6.76. The molecule has 1 saturated heterocycles. The van der Waals surface area contributed by atoms with E-state index < -0.39 is 5.82 Å². The van der Waals surface area contributed by atoms with Gasteiger partial charge in [-0.3, -0.25) is 4.79 Å². The smallest absolute Gasteiger partial charge is 0.227 e. The van der Waals surface area contributed by atoms with Crippen LogP contribution in [0.5, 0.6) is 0 Å². The molecule has 4 aromatic rings. The minimum Gasteiger partial charge on any atom is -0.371 e. The largest absolute Gasteiger partial charge is 0.371 e. The summed E-state index contributed by atoms with van der Waals surface area (Å²) in [4.78, 5) is 23.8. The molecule has 192 valence electrons. The average molecular weight is 507 g/mol. The molecule has 1 aromatic heterocycles. The van der Waals surface area contributed by atoms with Crippen molar-refractivity contribution in [1.29, 1.82) is 0 Å². The van der Waals surface area contributed by atoms with Crippen LogP contribution >= 0.6 is 0 Å². The van der Waals surface area contributed by atoms with Crippen molar-refractivity contribution in [2.75, 3.05) is 23.3 Å². The van der Waals surface area contributed by atoms with E-state index in [-0.39, 0.29) is 12.2 Å². The fourth-order valence-corrected chi connectivity index (χ4v) is 4.89. The van der Waals surface area contributed by atoms with Gasteiger partial charge in [-0.05, 0) is 72.9 Å². The van der Waals surface area contributed by atoms with Crippen LogP contribution in [0.3, 0.4) is 0 Å². The van der Waals surface area contributed by atoms with Crippen molar-refractivity contribution in [2.24, 2.45) is 0 Å². The number of anilines is 3. The van der Waals surface area contributed by atoms with Gasteiger partial charge in [0.1, 0.15) is 5.82 Å². The summed E-state index contributed by atoms with van der Waals surface area (Å²) in [5.74, 6) is -0.146. The number of aromatic nitrogens is 2. The minimum absolute atomic E-state index is 0.0851. The Hall–Kier alpha value is -4.32. The number of allylic oxidation sites excluding steroid dienone is 1. The Morgan fingerprint density at radius 1 is 0.974 bits per heavy atom. The zero-order valence-electron chi connectivity index (χ0n) is 21.4. The van der Waals surface area contributed by atoms with E-state index in [2.05, 4.69) is 33.9 Å². The van der Waals surface area contributed by atoms with Crippen LogP contribution in [-0.2, 0) is 17.6 Å². The maximum Gasteiger partial charge on any atom is 0.227 e. The van der Waals surface area contributed by atoms with Gasteiger partial charge in [-0.15, -0.1) is 0 Å². The van der Waals surface area contributed by atoms with Crippen molar-refractivity contribution >= 4 is 23.1 Å². The first kappa shape index (κ1) is 25.3. The van der Waals surface area contributed by atoms with Crippen molar-refractivity contribution in [2.45, 2.75) is 32.1 Å². The number of nitrogens with zero attached hydrogens (tertiary/aromatic N) is 3. The summed E-state index contributed by atoms with van der Waals surface area (Å²) in [6.07, 6.45) is 7.44. The lowest BCUT2D eigenvalue weighted by atomic mass is 9.98. The van der Waals surface area contributed by atoms with Gasteiger partial charge in [0.25, 0.3) is 0 Å². The van der Waals surface area contributed by atoms with Crippen LogP contribution in [0.25, 0.3) is 11.3 Å². The number of piperidine rings is 1. The van der Waals surface area contributed by atoms with Crippen LogP contribution in [0.4, 0.5) is 21.7 Å². The molecular formula is C32H31FN4O. The van der Waals surface area contributed by atoms with E-state index in [0.717, 1.165) is 29.9 Å². The van der Waals surface area contributed by atoms with Crippen LogP contribution in [0, 0.1) is 5.82 Å². The molecule has 0 unspecified atom stereocenters. The quantitative estimate of drug-likeness (QED) is 0.250. The highest BCUT2D eigenvalue weighted by Gasteiger charge is 2.15. The average Bonchev–Trinajstić information content (AvgIpc) is 2.94. The number of rotatable bonds is 9. The predicted molar refractivity (Wildman–Crippen MR) is 151 cm³/mol. The molecule has 1 N–H and O–H groups in total. The van der Waals surface area contributed by atoms with E-state index in [4.69, 9.17) is 4.98 Å². The highest BCUT2D eigenvalue weighted by Crippen LogP contribution is 2.29. The van der Waals surface area contributed by atoms with Crippen LogP contribution in [0.1, 0.15) is 36.0 Å². The van der Waals surface area contributed by atoms with Crippen LogP contribution in [0.15, 0.2) is 91.6 Å². The van der Waals surface area contributed by atoms with E-state index >= 15 is 0 Å². The van der Waals surface area contributed by atoms with Crippen molar-refractivity contribution in [1.82, 2.24) is 9.97 Å². The predicted octanol–water partition coefficient (Wildman–Crippen LogP) is 6.91. The Balaban J connectivity index is 1.50. The number of ketones is 1. The summed E-state index contributed by atoms with van der Waals surface area (Å²) >= 11 is 0. The van der Waals surface area contributed by atoms with Crippen molar-refractivity contribution in [3.63, 3.8) is 0 Å². The third kappa shape index (κ3) is 6.32. The molecule has 0 radical (unpaired) electrons. The van der Waals surface area contributed by atoms with Crippen LogP contribution < -0.4 is 10.2 Å². The molecule has 0 aliphatic carbocycles. The third-order valence-electron chi connectivity index (χ3n) is 6.76. The monoisotopic (exact) mass is 506 g/mol. The molecule has 5 nitrogen and oxygen atoms in total. The van der Waals surface area contributed by atoms with Crippen molar-refractivity contribution < 1.29 is 9.18 Å². The molecule has 3 aromatic carbocycles. The SMILES string of the molecule is C=CC(=O)Cc1cc(F)cc(-c2nc(Nc3cccc(N4CCCCC4)c3)ncc2Cc2ccccc2)c1. The maximum absolute atomic E-state index is 14.7. The number of hydrogen-bond donors (Lipinski definition) is 1. The summed E-state index contributed by atoms with van der Waals surface area (Å²) in [6.45, 7) is 5.66. The molecule has 0 saturated carbocycles. The van der Waals surface area contributed by atoms with Gasteiger partial charge < -0.3 is 10.2 Å². The second kappa shape index (κ2) is 11.8. The molecule has 0 spiro atoms. The first-order valence-corrected chi connectivity index (χ1v) is 13.0. The molecule has 1 fully saturated rings. The lowest BCUT2D eigenvalue weighted by Gasteiger charge is -2.29. The van der Waals surface area contributed by atoms with E-state index in [1.165, 1.54) is 43.2 Å². The van der Waals surface area contributed by atoms with E-state index in [1.54, 1.807) is 6.20 Å². The van der Waals surface area contributed by atoms with Gasteiger partial charge in [-0.25, -0.2) is 14.4 Å². The normalized spacial score (nSPS) is 13.2. The summed E-state index contributed by atoms with van der Waals surface area (Å²) in [5, 5.41) is 3.35. The zero-order valence-corrected chi connectivity index (χ0v) is 21.4. The van der Waals surface area contributed by atoms with Crippen molar-refractivity contribution in [3.05, 3.63) is 114 Å². The zero-order chi connectivity index (χ0) is 26.3. The molecule has 0 bridgehead atoms. The van der Waals surface area contributed by atoms with Gasteiger partial charge in [0.05, 0.1) is 5.69 Å². The minimum atomic E-state index is -0.414. The number of nitrogens with one attached hydrogen (secondary N) is 1. The fourth-order valence-electron chi connectivity index (χ4n) is 4.89. The van der Waals surface area contributed by atoms with E-state index in [9.17, 15) is 9.18 Å². The Kier molecular flexibility index (Phi) is 7.88. The second-order valence-electron chi connectivity index (χ2n) is 9.65. The molecule has 5 rings (SSSR count). The lowest BCUT2D eigenvalue weighted by molar-refractivity contribution is -0.114. The second-order valence-corrected chi connectivity index (χ2v) is 9.65. The number of hydrogen-bond acceptors (Lipinski definition) is 5. The number of carbonyl (C=O) groups excluding carboxylic acids is 1. The lowest BCUT2D eigenvalue weighted by Crippen LogP contribution is -2.29. The van der Waals surface area contributed by atoms with Gasteiger partial charge in [0.15, 0.2) is 5.78 Å². The molecule has 1 aliphatic heterocycles. The Morgan fingerprint density at radius 3 is 2.58 bits per heavy atom.